The van der Waals surface area contributed by atoms with Crippen molar-refractivity contribution in [1.82, 2.24) is 0 Å². The number of nitrogens with two attached hydrogens (primary N) is 1. The summed E-state index contributed by atoms with van der Waals surface area (Å²) in [5.74, 6) is 1.87. The van der Waals surface area contributed by atoms with E-state index in [1.54, 1.807) is 0 Å². The second kappa shape index (κ2) is 3.91. The molecule has 1 saturated carbocycles. The van der Waals surface area contributed by atoms with E-state index in [1.807, 2.05) is 0 Å². The molecule has 2 aliphatic rings. The van der Waals surface area contributed by atoms with Crippen LogP contribution < -0.4 is 15.2 Å². The van der Waals surface area contributed by atoms with Gasteiger partial charge in [-0.05, 0) is 25.3 Å². The quantitative estimate of drug-likeness (QED) is 0.851. The van der Waals surface area contributed by atoms with Crippen molar-refractivity contribution in [2.75, 3.05) is 19.8 Å². The Morgan fingerprint density at radius 2 is 1.88 bits per heavy atom. The van der Waals surface area contributed by atoms with Crippen LogP contribution in [0.25, 0.3) is 0 Å². The molecule has 3 nitrogen and oxygen atoms in total. The molecule has 0 bridgehead atoms. The van der Waals surface area contributed by atoms with Gasteiger partial charge in [0.05, 0.1) is 0 Å². The summed E-state index contributed by atoms with van der Waals surface area (Å²) in [6.45, 7) is 4.05. The zero-order chi connectivity index (χ0) is 11.9. The van der Waals surface area contributed by atoms with Crippen LogP contribution in [0.4, 0.5) is 0 Å². The van der Waals surface area contributed by atoms with E-state index in [1.165, 1.54) is 24.8 Å². The van der Waals surface area contributed by atoms with Crippen molar-refractivity contribution >= 4 is 0 Å². The molecule has 3 heteroatoms. The highest BCUT2D eigenvalue weighted by Crippen LogP contribution is 2.50. The summed E-state index contributed by atoms with van der Waals surface area (Å²) in [5, 5.41) is 0. The summed E-state index contributed by atoms with van der Waals surface area (Å²) in [7, 11) is 0. The molecule has 1 aliphatic heterocycles. The maximum Gasteiger partial charge on any atom is 0.165 e. The van der Waals surface area contributed by atoms with Crippen LogP contribution in [0.5, 0.6) is 11.5 Å². The minimum absolute atomic E-state index is 0.137. The number of benzene rings is 1. The molecule has 3 rings (SSSR count). The smallest absolute Gasteiger partial charge is 0.165 e. The van der Waals surface area contributed by atoms with Crippen molar-refractivity contribution in [3.63, 3.8) is 0 Å². The lowest BCUT2D eigenvalue weighted by Gasteiger charge is -2.43. The van der Waals surface area contributed by atoms with E-state index >= 15 is 0 Å². The average molecular weight is 233 g/mol. The van der Waals surface area contributed by atoms with Crippen molar-refractivity contribution in [3.8, 4) is 11.5 Å². The predicted molar refractivity (Wildman–Crippen MR) is 66.8 cm³/mol. The molecule has 0 saturated heterocycles. The first-order valence-corrected chi connectivity index (χ1v) is 6.37. The van der Waals surface area contributed by atoms with Gasteiger partial charge in [0.1, 0.15) is 13.2 Å². The largest absolute Gasteiger partial charge is 0.486 e. The fourth-order valence-electron chi connectivity index (χ4n) is 2.88. The number of hydrogen-bond donors (Lipinski definition) is 1. The molecule has 2 N–H and O–H groups in total. The van der Waals surface area contributed by atoms with E-state index in [9.17, 15) is 0 Å². The van der Waals surface area contributed by atoms with Gasteiger partial charge in [-0.15, -0.1) is 0 Å². The van der Waals surface area contributed by atoms with Gasteiger partial charge in [0, 0.05) is 17.5 Å². The maximum absolute atomic E-state index is 5.98. The monoisotopic (exact) mass is 233 g/mol. The molecular weight excluding hydrogens is 214 g/mol. The Hall–Kier alpha value is -1.22. The van der Waals surface area contributed by atoms with Crippen LogP contribution in [-0.2, 0) is 5.41 Å². The molecular formula is C14H19NO2. The Kier molecular flexibility index (Phi) is 2.51. The van der Waals surface area contributed by atoms with Crippen LogP contribution >= 0.6 is 0 Å². The first-order chi connectivity index (χ1) is 8.27. The fraction of sp³-hybridized carbons (Fsp3) is 0.571. The first-order valence-electron chi connectivity index (χ1n) is 6.37. The lowest BCUT2D eigenvalue weighted by Crippen LogP contribution is -2.42. The van der Waals surface area contributed by atoms with Crippen molar-refractivity contribution in [2.24, 2.45) is 5.73 Å². The Morgan fingerprint density at radius 1 is 1.18 bits per heavy atom. The van der Waals surface area contributed by atoms with E-state index in [4.69, 9.17) is 15.2 Å². The average Bonchev–Trinajstić information content (AvgIpc) is 2.32. The Balaban J connectivity index is 2.11. The molecule has 1 aromatic rings. The summed E-state index contributed by atoms with van der Waals surface area (Å²) in [4.78, 5) is 0. The van der Waals surface area contributed by atoms with Crippen LogP contribution in [0, 0.1) is 6.92 Å². The van der Waals surface area contributed by atoms with Gasteiger partial charge in [-0.2, -0.15) is 0 Å². The van der Waals surface area contributed by atoms with E-state index in [-0.39, 0.29) is 5.41 Å². The van der Waals surface area contributed by atoms with Gasteiger partial charge < -0.3 is 15.2 Å². The van der Waals surface area contributed by atoms with Gasteiger partial charge >= 0.3 is 0 Å². The summed E-state index contributed by atoms with van der Waals surface area (Å²) in [6, 6.07) is 4.30. The molecule has 92 valence electrons. The van der Waals surface area contributed by atoms with Gasteiger partial charge in [-0.1, -0.05) is 18.6 Å². The highest BCUT2D eigenvalue weighted by Gasteiger charge is 2.41. The molecule has 0 amide bonds. The highest BCUT2D eigenvalue weighted by atomic mass is 16.6. The maximum atomic E-state index is 5.98. The van der Waals surface area contributed by atoms with Crippen LogP contribution in [-0.4, -0.2) is 19.8 Å². The molecule has 1 fully saturated rings. The van der Waals surface area contributed by atoms with Crippen LogP contribution in [0.2, 0.25) is 0 Å². The number of fused-ring (bicyclic) bond motifs is 1. The van der Waals surface area contributed by atoms with E-state index in [2.05, 4.69) is 19.1 Å². The standard InChI is InChI=1S/C14H19NO2/c1-10-3-4-11(14(9-15)5-2-6-14)13-12(10)16-7-8-17-13/h3-4H,2,5-9,15H2,1H3. The lowest BCUT2D eigenvalue weighted by atomic mass is 9.64. The van der Waals surface area contributed by atoms with Crippen molar-refractivity contribution in [1.29, 1.82) is 0 Å². The minimum Gasteiger partial charge on any atom is -0.486 e. The third-order valence-corrected chi connectivity index (χ3v) is 4.16. The zero-order valence-electron chi connectivity index (χ0n) is 10.3. The van der Waals surface area contributed by atoms with Gasteiger partial charge in [0.25, 0.3) is 0 Å². The lowest BCUT2D eigenvalue weighted by molar-refractivity contribution is 0.159. The Labute approximate surface area is 102 Å². The van der Waals surface area contributed by atoms with Crippen molar-refractivity contribution in [3.05, 3.63) is 23.3 Å². The number of ether oxygens (including phenoxy) is 2. The van der Waals surface area contributed by atoms with E-state index in [0.29, 0.717) is 19.8 Å². The molecule has 0 radical (unpaired) electrons. The SMILES string of the molecule is Cc1ccc(C2(CN)CCC2)c2c1OCCO2. The second-order valence-electron chi connectivity index (χ2n) is 5.12. The molecule has 0 aromatic heterocycles. The topological polar surface area (TPSA) is 44.5 Å². The van der Waals surface area contributed by atoms with E-state index in [0.717, 1.165) is 17.1 Å². The summed E-state index contributed by atoms with van der Waals surface area (Å²) >= 11 is 0. The van der Waals surface area contributed by atoms with E-state index < -0.39 is 0 Å². The van der Waals surface area contributed by atoms with Gasteiger partial charge in [-0.25, -0.2) is 0 Å². The third kappa shape index (κ3) is 1.53. The van der Waals surface area contributed by atoms with Gasteiger partial charge in [-0.3, -0.25) is 0 Å². The normalized spacial score (nSPS) is 20.8. The predicted octanol–water partition coefficient (Wildman–Crippen LogP) is 2.15. The fourth-order valence-corrected chi connectivity index (χ4v) is 2.88. The van der Waals surface area contributed by atoms with Crippen molar-refractivity contribution in [2.45, 2.75) is 31.6 Å². The highest BCUT2D eigenvalue weighted by molar-refractivity contribution is 5.55. The third-order valence-electron chi connectivity index (χ3n) is 4.16. The van der Waals surface area contributed by atoms with Crippen LogP contribution in [0.1, 0.15) is 30.4 Å². The Bertz CT molecular complexity index is 433. The number of hydrogen-bond acceptors (Lipinski definition) is 3. The molecule has 0 unspecified atom stereocenters. The molecule has 17 heavy (non-hydrogen) atoms. The molecule has 1 aromatic carbocycles. The van der Waals surface area contributed by atoms with Crippen LogP contribution in [0.15, 0.2) is 12.1 Å². The Morgan fingerprint density at radius 3 is 2.47 bits per heavy atom. The van der Waals surface area contributed by atoms with Gasteiger partial charge in [0.2, 0.25) is 0 Å². The minimum atomic E-state index is 0.137. The number of rotatable bonds is 2. The summed E-state index contributed by atoms with van der Waals surface area (Å²) in [6.07, 6.45) is 3.60. The van der Waals surface area contributed by atoms with Crippen LogP contribution in [0.3, 0.4) is 0 Å². The second-order valence-corrected chi connectivity index (χ2v) is 5.12. The summed E-state index contributed by atoms with van der Waals surface area (Å²) in [5.41, 5.74) is 8.52. The van der Waals surface area contributed by atoms with Gasteiger partial charge in [0.15, 0.2) is 11.5 Å². The number of aryl methyl sites for hydroxylation is 1. The molecule has 1 heterocycles. The van der Waals surface area contributed by atoms with Crippen molar-refractivity contribution < 1.29 is 9.47 Å². The molecule has 0 atom stereocenters. The summed E-state index contributed by atoms with van der Waals surface area (Å²) < 4.78 is 11.6. The molecule has 1 aliphatic carbocycles. The zero-order valence-corrected chi connectivity index (χ0v) is 10.3. The molecule has 0 spiro atoms. The first kappa shape index (κ1) is 10.9.